The maximum Gasteiger partial charge on any atom is 4.00 e. The van der Waals surface area contributed by atoms with Gasteiger partial charge < -0.3 is 37.2 Å². The summed E-state index contributed by atoms with van der Waals surface area (Å²) in [7, 11) is -3.05. The predicted octanol–water partition coefficient (Wildman–Crippen LogP) is 3.10. The van der Waals surface area contributed by atoms with Crippen LogP contribution >= 0.6 is 0 Å². The van der Waals surface area contributed by atoms with E-state index in [9.17, 15) is 0 Å². The fourth-order valence-electron chi connectivity index (χ4n) is 7.69. The molecule has 0 aliphatic heterocycles. The molecule has 0 radical (unpaired) electrons. The van der Waals surface area contributed by atoms with Gasteiger partial charge in [-0.3, -0.25) is 6.08 Å². The van der Waals surface area contributed by atoms with Crippen LogP contribution in [0, 0.1) is 6.08 Å². The van der Waals surface area contributed by atoms with Gasteiger partial charge in [-0.1, -0.05) is 203 Å². The van der Waals surface area contributed by atoms with Crippen LogP contribution < -0.4 is 52.8 Å². The molecule has 1 unspecified atom stereocenters. The zero-order valence-corrected chi connectivity index (χ0v) is 42.6. The average Bonchev–Trinajstić information content (AvgIpc) is 3.43. The first kappa shape index (κ1) is 52.4. The van der Waals surface area contributed by atoms with Crippen molar-refractivity contribution in [1.29, 1.82) is 0 Å². The first-order chi connectivity index (χ1) is 23.5. The first-order valence-electron chi connectivity index (χ1n) is 19.7. The van der Waals surface area contributed by atoms with Gasteiger partial charge in [0.15, 0.2) is 0 Å². The maximum atomic E-state index is 4.14. The average molecular weight is 864 g/mol. The second-order valence-corrected chi connectivity index (χ2v) is 26.0. The fraction of sp³-hybridized carbons (Fsp3) is 0.490. The SMILES string of the molecule is CC(C)(C)c1cc(C(C)(C)C)cc([Si](c2cc(C(C)(C)C)cc(C(C)(C)C)c2)(c2cc(C(C)(C)C)cc(C(C)(C)C)c2)C2[C-]=Cc3ccccc32)c1.[Cl-].[Cl-].[Cl-].[Ti+4]. The van der Waals surface area contributed by atoms with E-state index in [1.807, 2.05) is 0 Å². The quantitative estimate of drug-likeness (QED) is 0.168. The molecule has 1 aliphatic rings. The number of allylic oxidation sites excluding steroid dienone is 1. The molecule has 56 heavy (non-hydrogen) atoms. The van der Waals surface area contributed by atoms with Gasteiger partial charge >= 0.3 is 21.7 Å². The second-order valence-electron chi connectivity index (χ2n) is 22.1. The van der Waals surface area contributed by atoms with Gasteiger partial charge in [-0.2, -0.15) is 5.56 Å². The van der Waals surface area contributed by atoms with Crippen molar-refractivity contribution in [3.63, 3.8) is 0 Å². The van der Waals surface area contributed by atoms with E-state index in [0.717, 1.165) is 0 Å². The van der Waals surface area contributed by atoms with Crippen molar-refractivity contribution in [2.45, 2.75) is 163 Å². The number of hydrogen-bond donors (Lipinski definition) is 0. The summed E-state index contributed by atoms with van der Waals surface area (Å²) in [4.78, 5) is 0. The third-order valence-corrected chi connectivity index (χ3v) is 16.4. The molecule has 1 aliphatic carbocycles. The molecule has 5 rings (SSSR count). The van der Waals surface area contributed by atoms with Gasteiger partial charge in [0.25, 0.3) is 0 Å². The van der Waals surface area contributed by atoms with Crippen LogP contribution in [0.15, 0.2) is 78.9 Å². The van der Waals surface area contributed by atoms with E-state index in [1.54, 1.807) is 0 Å². The van der Waals surface area contributed by atoms with Gasteiger partial charge in [0, 0.05) is 0 Å². The van der Waals surface area contributed by atoms with E-state index in [0.29, 0.717) is 0 Å². The van der Waals surface area contributed by atoms with E-state index in [1.165, 1.54) is 60.1 Å². The minimum atomic E-state index is -3.05. The monoisotopic (exact) mass is 862 g/mol. The molecule has 0 bridgehead atoms. The number of halogens is 3. The summed E-state index contributed by atoms with van der Waals surface area (Å²) in [5, 5.41) is 4.47. The van der Waals surface area contributed by atoms with Crippen LogP contribution in [0.25, 0.3) is 6.08 Å². The molecule has 0 saturated heterocycles. The standard InChI is InChI=1S/C51H69Si.3ClH.Ti/c1-46(2,3)35-25-36(47(4,5)6)29-41(28-35)52(45-24-23-34-21-19-20-22-44(34)45,42-30-37(48(7,8)9)26-38(31-42)49(10,11)12)43-32-39(50(13,14)15)27-40(33-43)51(16,17)18;;;;/h19-23,25-33,45H,1-18H3;3*1H;/q-1;;;;+4/p-3. The third kappa shape index (κ3) is 10.6. The molecule has 0 nitrogen and oxygen atoms in total. The molecular weight excluding hydrogens is 795 g/mol. The number of hydrogen-bond acceptors (Lipinski definition) is 0. The van der Waals surface area contributed by atoms with Gasteiger partial charge in [-0.05, 0) is 81.4 Å². The molecule has 5 heteroatoms. The molecule has 0 spiro atoms. The number of benzene rings is 4. The Bertz CT molecular complexity index is 1720. The molecule has 0 heterocycles. The first-order valence-corrected chi connectivity index (χ1v) is 21.8. The molecule has 4 aromatic rings. The Morgan fingerprint density at radius 2 is 0.643 bits per heavy atom. The molecule has 1 atom stereocenters. The Morgan fingerprint density at radius 3 is 0.893 bits per heavy atom. The molecule has 0 fully saturated rings. The van der Waals surface area contributed by atoms with Gasteiger partial charge in [0.05, 0.1) is 0 Å². The minimum Gasteiger partial charge on any atom is -1.00 e. The van der Waals surface area contributed by atoms with Crippen LogP contribution in [0.5, 0.6) is 0 Å². The summed E-state index contributed by atoms with van der Waals surface area (Å²) in [5.41, 5.74) is 11.2. The van der Waals surface area contributed by atoms with E-state index in [2.05, 4.69) is 216 Å². The normalized spacial score (nSPS) is 14.9. The van der Waals surface area contributed by atoms with Crippen molar-refractivity contribution in [3.8, 4) is 0 Å². The van der Waals surface area contributed by atoms with Crippen molar-refractivity contribution >= 4 is 29.7 Å². The van der Waals surface area contributed by atoms with E-state index >= 15 is 0 Å². The Hall–Kier alpha value is -1.58. The topological polar surface area (TPSA) is 0 Å². The Labute approximate surface area is 378 Å². The summed E-state index contributed by atoms with van der Waals surface area (Å²) < 4.78 is 0. The van der Waals surface area contributed by atoms with Crippen LogP contribution in [0.2, 0.25) is 0 Å². The van der Waals surface area contributed by atoms with Crippen molar-refractivity contribution in [2.75, 3.05) is 0 Å². The summed E-state index contributed by atoms with van der Waals surface area (Å²) in [5.74, 6) is 0. The number of rotatable bonds is 4. The fourth-order valence-corrected chi connectivity index (χ4v) is 13.1. The van der Waals surface area contributed by atoms with Gasteiger partial charge in [-0.15, -0.1) is 11.6 Å². The van der Waals surface area contributed by atoms with Crippen LogP contribution in [-0.4, -0.2) is 8.07 Å². The van der Waals surface area contributed by atoms with Crippen molar-refractivity contribution in [1.82, 2.24) is 0 Å². The molecule has 0 aromatic heterocycles. The largest absolute Gasteiger partial charge is 4.00 e. The zero-order valence-electron chi connectivity index (χ0n) is 37.8. The van der Waals surface area contributed by atoms with E-state index in [4.69, 9.17) is 0 Å². The Kier molecular flexibility index (Phi) is 16.4. The van der Waals surface area contributed by atoms with Crippen molar-refractivity contribution < 1.29 is 58.9 Å². The smallest absolute Gasteiger partial charge is 1.00 e. The molecular formula is C51H69Cl3SiTi. The molecule has 0 N–H and O–H groups in total. The Morgan fingerprint density at radius 1 is 0.393 bits per heavy atom. The van der Waals surface area contributed by atoms with Crippen LogP contribution in [0.1, 0.15) is 175 Å². The van der Waals surface area contributed by atoms with Crippen molar-refractivity contribution in [2.24, 2.45) is 0 Å². The maximum absolute atomic E-state index is 4.14. The summed E-state index contributed by atoms with van der Waals surface area (Å²) >= 11 is 0. The predicted molar refractivity (Wildman–Crippen MR) is 233 cm³/mol. The van der Waals surface area contributed by atoms with Crippen LogP contribution in [0.4, 0.5) is 0 Å². The summed E-state index contributed by atoms with van der Waals surface area (Å²) in [6, 6.07) is 32.4. The molecule has 0 saturated carbocycles. The third-order valence-electron chi connectivity index (χ3n) is 11.5. The van der Waals surface area contributed by atoms with E-state index in [-0.39, 0.29) is 97.0 Å². The molecule has 4 aromatic carbocycles. The summed E-state index contributed by atoms with van der Waals surface area (Å²) in [6.07, 6.45) is 6.45. The van der Waals surface area contributed by atoms with Crippen LogP contribution in [-0.2, 0) is 54.2 Å². The number of fused-ring (bicyclic) bond motifs is 1. The van der Waals surface area contributed by atoms with E-state index < -0.39 is 8.07 Å². The van der Waals surface area contributed by atoms with Gasteiger partial charge in [-0.25, -0.2) is 6.08 Å². The molecule has 0 amide bonds. The molecule has 302 valence electrons. The van der Waals surface area contributed by atoms with Gasteiger partial charge in [0.1, 0.15) is 8.07 Å². The Balaban J connectivity index is 0.00000392. The second kappa shape index (κ2) is 17.6. The zero-order chi connectivity index (χ0) is 39.0. The summed E-state index contributed by atoms with van der Waals surface area (Å²) in [6.45, 7) is 42.9. The van der Waals surface area contributed by atoms with Gasteiger partial charge in [0.2, 0.25) is 0 Å². The minimum absolute atomic E-state index is 0. The van der Waals surface area contributed by atoms with Crippen molar-refractivity contribution in [3.05, 3.63) is 129 Å². The van der Waals surface area contributed by atoms with Crippen LogP contribution in [0.3, 0.4) is 0 Å².